The van der Waals surface area contributed by atoms with Crippen LogP contribution in [0.15, 0.2) is 24.3 Å². The van der Waals surface area contributed by atoms with E-state index >= 15 is 0 Å². The van der Waals surface area contributed by atoms with Crippen molar-refractivity contribution in [1.82, 2.24) is 14.9 Å². The van der Waals surface area contributed by atoms with Gasteiger partial charge in [-0.1, -0.05) is 45.0 Å². The first kappa shape index (κ1) is 13.6. The average molecular weight is 278 g/mol. The maximum Gasteiger partial charge on any atom is 0.335 e. The lowest BCUT2D eigenvalue weighted by Gasteiger charge is -2.19. The molecule has 0 atom stereocenters. The normalized spacial score (nSPS) is 11.5. The molecule has 0 amide bonds. The molecule has 0 aliphatic carbocycles. The Morgan fingerprint density at radius 1 is 1.32 bits per heavy atom. The smallest absolute Gasteiger partial charge is 0.335 e. The van der Waals surface area contributed by atoms with E-state index in [1.165, 1.54) is 10.2 Å². The molecule has 2 aromatic rings. The van der Waals surface area contributed by atoms with Crippen molar-refractivity contribution in [1.29, 1.82) is 0 Å². The number of aromatic nitrogens is 3. The summed E-state index contributed by atoms with van der Waals surface area (Å²) in [6.07, 6.45) is 0. The molecule has 19 heavy (non-hydrogen) atoms. The standard InChI is InChI=1S/C13H18N4OS/c1-13(2,3)10-6-4-9(5-7-10)8-18-11-15-16-12(19)17(11)14/h4-7H,8,14H2,1-3H3,(H,16,19). The van der Waals surface area contributed by atoms with Crippen LogP contribution in [0, 0.1) is 4.77 Å². The number of hydrogen-bond acceptors (Lipinski definition) is 4. The summed E-state index contributed by atoms with van der Waals surface area (Å²) in [5.74, 6) is 5.64. The molecule has 3 N–H and O–H groups in total. The average Bonchev–Trinajstić information content (AvgIpc) is 2.67. The van der Waals surface area contributed by atoms with Gasteiger partial charge in [-0.2, -0.15) is 4.68 Å². The van der Waals surface area contributed by atoms with E-state index in [1.807, 2.05) is 12.1 Å². The molecule has 0 saturated heterocycles. The van der Waals surface area contributed by atoms with Gasteiger partial charge in [0.1, 0.15) is 6.61 Å². The lowest BCUT2D eigenvalue weighted by atomic mass is 9.87. The van der Waals surface area contributed by atoms with Crippen LogP contribution >= 0.6 is 12.2 Å². The molecule has 0 fully saturated rings. The minimum Gasteiger partial charge on any atom is -0.458 e. The molecule has 2 rings (SSSR count). The third kappa shape index (κ3) is 3.14. The van der Waals surface area contributed by atoms with Crippen LogP contribution in [0.25, 0.3) is 0 Å². The summed E-state index contributed by atoms with van der Waals surface area (Å²) in [4.78, 5) is 0. The zero-order valence-electron chi connectivity index (χ0n) is 11.3. The van der Waals surface area contributed by atoms with Crippen LogP contribution in [0.4, 0.5) is 0 Å². The van der Waals surface area contributed by atoms with Crippen molar-refractivity contribution in [2.45, 2.75) is 32.8 Å². The summed E-state index contributed by atoms with van der Waals surface area (Å²) in [5.41, 5.74) is 2.50. The van der Waals surface area contributed by atoms with Crippen LogP contribution in [0.2, 0.25) is 0 Å². The molecule has 0 unspecified atom stereocenters. The molecule has 0 radical (unpaired) electrons. The van der Waals surface area contributed by atoms with Crippen molar-refractivity contribution in [3.05, 3.63) is 40.2 Å². The quantitative estimate of drug-likeness (QED) is 0.668. The van der Waals surface area contributed by atoms with Crippen LogP contribution in [0.3, 0.4) is 0 Å². The largest absolute Gasteiger partial charge is 0.458 e. The summed E-state index contributed by atoms with van der Waals surface area (Å²) < 4.78 is 7.04. The van der Waals surface area contributed by atoms with Crippen molar-refractivity contribution >= 4 is 12.2 Å². The minimum absolute atomic E-state index is 0.152. The van der Waals surface area contributed by atoms with Gasteiger partial charge in [0, 0.05) is 0 Å². The number of rotatable bonds is 3. The molecule has 1 aromatic carbocycles. The van der Waals surface area contributed by atoms with E-state index in [-0.39, 0.29) is 11.4 Å². The van der Waals surface area contributed by atoms with Crippen molar-refractivity contribution in [3.8, 4) is 6.01 Å². The third-order valence-corrected chi connectivity index (χ3v) is 3.15. The van der Waals surface area contributed by atoms with E-state index < -0.39 is 0 Å². The maximum atomic E-state index is 5.64. The number of ether oxygens (including phenoxy) is 1. The highest BCUT2D eigenvalue weighted by atomic mass is 32.1. The Kier molecular flexibility index (Phi) is 3.61. The molecule has 0 saturated carbocycles. The highest BCUT2D eigenvalue weighted by Gasteiger charge is 2.13. The number of benzene rings is 1. The first-order valence-corrected chi connectivity index (χ1v) is 6.43. The fourth-order valence-corrected chi connectivity index (χ4v) is 1.76. The number of nitrogen functional groups attached to an aromatic ring is 1. The lowest BCUT2D eigenvalue weighted by molar-refractivity contribution is 0.272. The zero-order chi connectivity index (χ0) is 14.0. The van der Waals surface area contributed by atoms with E-state index in [4.69, 9.17) is 22.8 Å². The second kappa shape index (κ2) is 5.05. The van der Waals surface area contributed by atoms with E-state index in [0.717, 1.165) is 5.56 Å². The molecular weight excluding hydrogens is 260 g/mol. The van der Waals surface area contributed by atoms with Gasteiger partial charge in [0.2, 0.25) is 4.77 Å². The Labute approximate surface area is 117 Å². The molecule has 102 valence electrons. The molecule has 5 nitrogen and oxygen atoms in total. The van der Waals surface area contributed by atoms with Gasteiger partial charge in [0.15, 0.2) is 0 Å². The fraction of sp³-hybridized carbons (Fsp3) is 0.385. The number of nitrogens with one attached hydrogen (secondary N) is 1. The van der Waals surface area contributed by atoms with Gasteiger partial charge in [-0.15, -0.1) is 5.10 Å². The highest BCUT2D eigenvalue weighted by Crippen LogP contribution is 2.22. The first-order valence-electron chi connectivity index (χ1n) is 6.02. The predicted octanol–water partition coefficient (Wildman–Crippen LogP) is 2.53. The second-order valence-electron chi connectivity index (χ2n) is 5.42. The van der Waals surface area contributed by atoms with Crippen LogP contribution in [-0.4, -0.2) is 14.9 Å². The van der Waals surface area contributed by atoms with Gasteiger partial charge in [0.05, 0.1) is 0 Å². The predicted molar refractivity (Wildman–Crippen MR) is 77.0 cm³/mol. The van der Waals surface area contributed by atoms with Gasteiger partial charge in [-0.25, -0.2) is 5.10 Å². The molecule has 0 aliphatic rings. The molecule has 6 heteroatoms. The number of nitrogens with zero attached hydrogens (tertiary/aromatic N) is 2. The monoisotopic (exact) mass is 278 g/mol. The Hall–Kier alpha value is -1.82. The molecule has 0 aliphatic heterocycles. The van der Waals surface area contributed by atoms with E-state index in [2.05, 4.69) is 43.1 Å². The third-order valence-electron chi connectivity index (χ3n) is 2.86. The molecule has 1 aromatic heterocycles. The molecule has 0 spiro atoms. The van der Waals surface area contributed by atoms with E-state index in [0.29, 0.717) is 11.4 Å². The van der Waals surface area contributed by atoms with Gasteiger partial charge in [0.25, 0.3) is 0 Å². The Morgan fingerprint density at radius 2 is 1.95 bits per heavy atom. The number of hydrogen-bond donors (Lipinski definition) is 2. The number of aromatic amines is 1. The topological polar surface area (TPSA) is 68.9 Å². The van der Waals surface area contributed by atoms with Crippen molar-refractivity contribution in [2.24, 2.45) is 0 Å². The molecule has 1 heterocycles. The minimum atomic E-state index is 0.152. The summed E-state index contributed by atoms with van der Waals surface area (Å²) >= 11 is 4.90. The summed E-state index contributed by atoms with van der Waals surface area (Å²) in [5, 5.41) is 6.45. The molecule has 0 bridgehead atoms. The Balaban J connectivity index is 2.05. The van der Waals surface area contributed by atoms with Gasteiger partial charge >= 0.3 is 6.01 Å². The summed E-state index contributed by atoms with van der Waals surface area (Å²) in [6, 6.07) is 8.59. The number of H-pyrrole nitrogens is 1. The van der Waals surface area contributed by atoms with E-state index in [9.17, 15) is 0 Å². The Bertz CT molecular complexity index is 607. The van der Waals surface area contributed by atoms with Crippen LogP contribution < -0.4 is 10.6 Å². The van der Waals surface area contributed by atoms with Crippen molar-refractivity contribution < 1.29 is 4.74 Å². The Morgan fingerprint density at radius 3 is 2.42 bits per heavy atom. The van der Waals surface area contributed by atoms with Gasteiger partial charge in [-0.05, 0) is 28.8 Å². The second-order valence-corrected chi connectivity index (χ2v) is 5.80. The number of nitrogens with two attached hydrogens (primary N) is 1. The maximum absolute atomic E-state index is 5.64. The van der Waals surface area contributed by atoms with Crippen molar-refractivity contribution in [3.63, 3.8) is 0 Å². The van der Waals surface area contributed by atoms with Crippen LogP contribution in [0.5, 0.6) is 6.01 Å². The highest BCUT2D eigenvalue weighted by molar-refractivity contribution is 7.71. The summed E-state index contributed by atoms with van der Waals surface area (Å²) in [6.45, 7) is 6.96. The SMILES string of the molecule is CC(C)(C)c1ccc(COc2n[nH]c(=S)n2N)cc1. The first-order chi connectivity index (χ1) is 8.88. The van der Waals surface area contributed by atoms with Crippen LogP contribution in [-0.2, 0) is 12.0 Å². The van der Waals surface area contributed by atoms with Gasteiger partial charge in [-0.3, -0.25) is 0 Å². The lowest BCUT2D eigenvalue weighted by Crippen LogP contribution is -2.12. The molecular formula is C13H18N4OS. The zero-order valence-corrected chi connectivity index (χ0v) is 12.1. The fourth-order valence-electron chi connectivity index (χ4n) is 1.64. The van der Waals surface area contributed by atoms with E-state index in [1.54, 1.807) is 0 Å². The van der Waals surface area contributed by atoms with Crippen LogP contribution in [0.1, 0.15) is 31.9 Å². The van der Waals surface area contributed by atoms with Gasteiger partial charge < -0.3 is 10.6 Å². The van der Waals surface area contributed by atoms with Crippen molar-refractivity contribution in [2.75, 3.05) is 5.84 Å². The summed E-state index contributed by atoms with van der Waals surface area (Å²) in [7, 11) is 0.